The Morgan fingerprint density at radius 3 is 3.17 bits per heavy atom. The van der Waals surface area contributed by atoms with Crippen LogP contribution in [0.2, 0.25) is 0 Å². The zero-order chi connectivity index (χ0) is 8.39. The van der Waals surface area contributed by atoms with Crippen molar-refractivity contribution in [2.45, 2.75) is 18.9 Å². The van der Waals surface area contributed by atoms with Gasteiger partial charge in [0.2, 0.25) is 0 Å². The van der Waals surface area contributed by atoms with Gasteiger partial charge in [-0.2, -0.15) is 0 Å². The average Bonchev–Trinajstić information content (AvgIpc) is 2.57. The predicted octanol–water partition coefficient (Wildman–Crippen LogP) is 1.21. The number of aromatic hydroxyl groups is 1. The van der Waals surface area contributed by atoms with Crippen LogP contribution in [0.1, 0.15) is 24.6 Å². The second-order valence-electron chi connectivity index (χ2n) is 3.06. The second kappa shape index (κ2) is 3.11. The van der Waals surface area contributed by atoms with Gasteiger partial charge in [-0.25, -0.2) is 0 Å². The van der Waals surface area contributed by atoms with Crippen molar-refractivity contribution < 1.29 is 5.11 Å². The molecule has 2 rings (SSSR count). The number of pyridine rings is 1. The predicted molar refractivity (Wildman–Crippen MR) is 45.9 cm³/mol. The Morgan fingerprint density at radius 1 is 1.58 bits per heavy atom. The quantitative estimate of drug-likeness (QED) is 0.655. The maximum absolute atomic E-state index is 9.47. The van der Waals surface area contributed by atoms with E-state index >= 15 is 0 Å². The average molecular weight is 164 g/mol. The third-order valence-corrected chi connectivity index (χ3v) is 2.21. The minimum atomic E-state index is 0.256. The van der Waals surface area contributed by atoms with Crippen LogP contribution in [0.25, 0.3) is 0 Å². The van der Waals surface area contributed by atoms with E-state index < -0.39 is 0 Å². The van der Waals surface area contributed by atoms with E-state index in [0.717, 1.165) is 18.7 Å². The largest absolute Gasteiger partial charge is 0.506 e. The maximum Gasteiger partial charge on any atom is 0.138 e. The van der Waals surface area contributed by atoms with Crippen molar-refractivity contribution in [3.63, 3.8) is 0 Å². The molecule has 1 aliphatic heterocycles. The molecule has 0 aliphatic carbocycles. The molecule has 1 aliphatic rings. The molecule has 3 nitrogen and oxygen atoms in total. The van der Waals surface area contributed by atoms with E-state index in [9.17, 15) is 5.11 Å². The zero-order valence-electron chi connectivity index (χ0n) is 6.83. The number of nitrogens with zero attached hydrogens (tertiary/aromatic N) is 1. The van der Waals surface area contributed by atoms with Gasteiger partial charge in [0.25, 0.3) is 0 Å². The van der Waals surface area contributed by atoms with Crippen LogP contribution in [0, 0.1) is 0 Å². The first kappa shape index (κ1) is 7.55. The highest BCUT2D eigenvalue weighted by atomic mass is 16.3. The number of hydrogen-bond donors (Lipinski definition) is 2. The van der Waals surface area contributed by atoms with E-state index in [-0.39, 0.29) is 6.04 Å². The molecule has 0 aromatic carbocycles. The van der Waals surface area contributed by atoms with E-state index in [1.807, 2.05) is 0 Å². The summed E-state index contributed by atoms with van der Waals surface area (Å²) in [5.41, 5.74) is 0.787. The summed E-state index contributed by atoms with van der Waals surface area (Å²) in [6.07, 6.45) is 3.96. The first-order valence-electron chi connectivity index (χ1n) is 4.25. The van der Waals surface area contributed by atoms with Gasteiger partial charge in [-0.1, -0.05) is 0 Å². The molecule has 0 spiro atoms. The highest BCUT2D eigenvalue weighted by Crippen LogP contribution is 2.27. The molecule has 0 bridgehead atoms. The van der Waals surface area contributed by atoms with Crippen LogP contribution < -0.4 is 5.32 Å². The first-order chi connectivity index (χ1) is 5.88. The van der Waals surface area contributed by atoms with Gasteiger partial charge in [-0.05, 0) is 31.5 Å². The van der Waals surface area contributed by atoms with Gasteiger partial charge in [0.15, 0.2) is 0 Å². The summed E-state index contributed by atoms with van der Waals surface area (Å²) >= 11 is 0. The molecule has 0 saturated carbocycles. The lowest BCUT2D eigenvalue weighted by molar-refractivity contribution is 0.450. The first-order valence-corrected chi connectivity index (χ1v) is 4.25. The van der Waals surface area contributed by atoms with Crippen LogP contribution in [0.5, 0.6) is 5.75 Å². The Kier molecular flexibility index (Phi) is 1.96. The summed E-state index contributed by atoms with van der Waals surface area (Å²) in [5.74, 6) is 0.303. The van der Waals surface area contributed by atoms with E-state index in [2.05, 4.69) is 10.3 Å². The summed E-state index contributed by atoms with van der Waals surface area (Å²) in [5, 5.41) is 12.8. The van der Waals surface area contributed by atoms with E-state index in [1.54, 1.807) is 18.3 Å². The Hall–Kier alpha value is -1.09. The fraction of sp³-hybridized carbons (Fsp3) is 0.444. The van der Waals surface area contributed by atoms with Crippen molar-refractivity contribution >= 4 is 0 Å². The molecular weight excluding hydrogens is 152 g/mol. The molecule has 3 heteroatoms. The summed E-state index contributed by atoms with van der Waals surface area (Å²) in [7, 11) is 0. The molecule has 1 atom stereocenters. The molecule has 0 radical (unpaired) electrons. The molecule has 1 aromatic heterocycles. The van der Waals surface area contributed by atoms with Crippen LogP contribution in [-0.2, 0) is 0 Å². The van der Waals surface area contributed by atoms with Gasteiger partial charge in [-0.15, -0.1) is 0 Å². The van der Waals surface area contributed by atoms with Crippen LogP contribution in [0.3, 0.4) is 0 Å². The van der Waals surface area contributed by atoms with E-state index in [0.29, 0.717) is 5.75 Å². The molecule has 2 heterocycles. The highest BCUT2D eigenvalue weighted by molar-refractivity contribution is 5.28. The van der Waals surface area contributed by atoms with Crippen molar-refractivity contribution in [1.29, 1.82) is 0 Å². The summed E-state index contributed by atoms with van der Waals surface area (Å²) in [4.78, 5) is 4.15. The van der Waals surface area contributed by atoms with Gasteiger partial charge in [0.1, 0.15) is 5.75 Å². The topological polar surface area (TPSA) is 45.2 Å². The molecular formula is C9H12N2O. The monoisotopic (exact) mass is 164 g/mol. The highest BCUT2D eigenvalue weighted by Gasteiger charge is 2.19. The lowest BCUT2D eigenvalue weighted by Gasteiger charge is -2.09. The minimum Gasteiger partial charge on any atom is -0.506 e. The van der Waals surface area contributed by atoms with Gasteiger partial charge in [0, 0.05) is 6.20 Å². The lowest BCUT2D eigenvalue weighted by Crippen LogP contribution is -2.14. The van der Waals surface area contributed by atoms with Gasteiger partial charge in [0.05, 0.1) is 11.7 Å². The van der Waals surface area contributed by atoms with Crippen molar-refractivity contribution in [3.05, 3.63) is 24.0 Å². The molecule has 64 valence electrons. The zero-order valence-corrected chi connectivity index (χ0v) is 6.83. The third-order valence-electron chi connectivity index (χ3n) is 2.21. The van der Waals surface area contributed by atoms with Crippen molar-refractivity contribution in [2.24, 2.45) is 0 Å². The fourth-order valence-electron chi connectivity index (χ4n) is 1.60. The third kappa shape index (κ3) is 1.28. The van der Waals surface area contributed by atoms with Crippen LogP contribution in [-0.4, -0.2) is 16.6 Å². The van der Waals surface area contributed by atoms with Crippen LogP contribution >= 0.6 is 0 Å². The molecule has 1 aromatic rings. The van der Waals surface area contributed by atoms with Gasteiger partial charge in [-0.3, -0.25) is 4.98 Å². The molecule has 2 N–H and O–H groups in total. The smallest absolute Gasteiger partial charge is 0.138 e. The molecule has 12 heavy (non-hydrogen) atoms. The Morgan fingerprint density at radius 2 is 2.50 bits per heavy atom. The summed E-state index contributed by atoms with van der Waals surface area (Å²) < 4.78 is 0. The normalized spacial score (nSPS) is 22.8. The van der Waals surface area contributed by atoms with Crippen LogP contribution in [0.15, 0.2) is 18.3 Å². The Balaban J connectivity index is 2.26. The van der Waals surface area contributed by atoms with Crippen LogP contribution in [0.4, 0.5) is 0 Å². The maximum atomic E-state index is 9.47. The standard InChI is InChI=1S/C9H12N2O/c12-8-4-2-6-11-9(8)7-3-1-5-10-7/h2,4,6-7,10,12H,1,3,5H2/t7-/m1/s1. The molecule has 1 saturated heterocycles. The minimum absolute atomic E-state index is 0.256. The summed E-state index contributed by atoms with van der Waals surface area (Å²) in [6.45, 7) is 1.03. The van der Waals surface area contributed by atoms with Crippen molar-refractivity contribution in [1.82, 2.24) is 10.3 Å². The van der Waals surface area contributed by atoms with E-state index in [1.165, 1.54) is 6.42 Å². The number of nitrogens with one attached hydrogen (secondary N) is 1. The van der Waals surface area contributed by atoms with Crippen molar-refractivity contribution in [2.75, 3.05) is 6.54 Å². The Bertz CT molecular complexity index is 269. The molecule has 0 unspecified atom stereocenters. The lowest BCUT2D eigenvalue weighted by atomic mass is 10.1. The van der Waals surface area contributed by atoms with E-state index in [4.69, 9.17) is 0 Å². The van der Waals surface area contributed by atoms with Gasteiger partial charge >= 0.3 is 0 Å². The second-order valence-corrected chi connectivity index (χ2v) is 3.06. The number of hydrogen-bond acceptors (Lipinski definition) is 3. The van der Waals surface area contributed by atoms with Crippen molar-refractivity contribution in [3.8, 4) is 5.75 Å². The summed E-state index contributed by atoms with van der Waals surface area (Å²) in [6, 6.07) is 3.68. The SMILES string of the molecule is Oc1cccnc1[C@H]1CCCN1. The fourth-order valence-corrected chi connectivity index (χ4v) is 1.60. The molecule has 1 fully saturated rings. The molecule has 0 amide bonds. The number of rotatable bonds is 1. The number of aromatic nitrogens is 1. The van der Waals surface area contributed by atoms with Gasteiger partial charge < -0.3 is 10.4 Å². The Labute approximate surface area is 71.4 Å².